The number of halogens is 7. The van der Waals surface area contributed by atoms with E-state index in [1.165, 1.54) is 0 Å². The molecular weight excluding hydrogens is 389 g/mol. The van der Waals surface area contributed by atoms with Gasteiger partial charge in [0.2, 0.25) is 0 Å². The van der Waals surface area contributed by atoms with Gasteiger partial charge in [0.05, 0.1) is 5.56 Å². The standard InChI is InChI=1S/C20H17F7.H2O/c1-10-2-4-11(5-3-10)12-6-14(21)18(15(22)7-12)20(26,27)13-8-16(23)19(25)17(24)9-13;/h6-11H,2-5H2,1H3;1H2. The number of rotatable bonds is 3. The molecule has 0 spiro atoms. The smallest absolute Gasteiger partial charge is 0.304 e. The van der Waals surface area contributed by atoms with Crippen LogP contribution in [0, 0.1) is 35.0 Å². The van der Waals surface area contributed by atoms with Crippen molar-refractivity contribution in [3.63, 3.8) is 0 Å². The fourth-order valence-electron chi connectivity index (χ4n) is 3.60. The topological polar surface area (TPSA) is 31.5 Å². The highest BCUT2D eigenvalue weighted by Crippen LogP contribution is 2.42. The van der Waals surface area contributed by atoms with Gasteiger partial charge in [0, 0.05) is 5.56 Å². The lowest BCUT2D eigenvalue weighted by atomic mass is 9.79. The van der Waals surface area contributed by atoms with E-state index in [4.69, 9.17) is 0 Å². The fraction of sp³-hybridized carbons (Fsp3) is 0.400. The van der Waals surface area contributed by atoms with Crippen molar-refractivity contribution < 1.29 is 36.2 Å². The van der Waals surface area contributed by atoms with Crippen LogP contribution in [0.4, 0.5) is 30.7 Å². The molecule has 0 aromatic heterocycles. The Hall–Kier alpha value is -2.09. The molecule has 28 heavy (non-hydrogen) atoms. The van der Waals surface area contributed by atoms with E-state index in [0.29, 0.717) is 18.8 Å². The molecule has 3 rings (SSSR count). The van der Waals surface area contributed by atoms with E-state index in [2.05, 4.69) is 6.92 Å². The molecule has 2 aromatic rings. The molecule has 8 heteroatoms. The van der Waals surface area contributed by atoms with E-state index in [-0.39, 0.29) is 29.1 Å². The van der Waals surface area contributed by atoms with Crippen LogP contribution >= 0.6 is 0 Å². The van der Waals surface area contributed by atoms with Crippen LogP contribution in [0.1, 0.15) is 55.2 Å². The predicted molar refractivity (Wildman–Crippen MR) is 89.7 cm³/mol. The Labute approximate surface area is 157 Å². The molecule has 0 atom stereocenters. The molecule has 0 heterocycles. The van der Waals surface area contributed by atoms with Gasteiger partial charge in [-0.05, 0) is 54.5 Å². The van der Waals surface area contributed by atoms with Crippen molar-refractivity contribution in [2.75, 3.05) is 0 Å². The zero-order valence-electron chi connectivity index (χ0n) is 14.9. The predicted octanol–water partition coefficient (Wildman–Crippen LogP) is 5.99. The van der Waals surface area contributed by atoms with E-state index in [9.17, 15) is 30.7 Å². The Morgan fingerprint density at radius 3 is 1.68 bits per heavy atom. The first-order valence-corrected chi connectivity index (χ1v) is 8.63. The van der Waals surface area contributed by atoms with Gasteiger partial charge in [0.15, 0.2) is 17.5 Å². The van der Waals surface area contributed by atoms with Crippen molar-refractivity contribution in [1.82, 2.24) is 0 Å². The molecule has 2 N–H and O–H groups in total. The van der Waals surface area contributed by atoms with Crippen LogP contribution in [-0.4, -0.2) is 5.48 Å². The van der Waals surface area contributed by atoms with Crippen LogP contribution in [0.3, 0.4) is 0 Å². The first-order valence-electron chi connectivity index (χ1n) is 8.63. The van der Waals surface area contributed by atoms with E-state index in [1.54, 1.807) is 0 Å². The molecule has 1 aliphatic rings. The third kappa shape index (κ3) is 4.01. The van der Waals surface area contributed by atoms with Gasteiger partial charge < -0.3 is 5.48 Å². The van der Waals surface area contributed by atoms with E-state index < -0.39 is 46.1 Å². The molecular formula is C20H19F7O. The molecule has 154 valence electrons. The second kappa shape index (κ2) is 8.11. The lowest BCUT2D eigenvalue weighted by Gasteiger charge is -2.27. The molecule has 0 radical (unpaired) electrons. The number of hydrogen-bond acceptors (Lipinski definition) is 0. The quantitative estimate of drug-likeness (QED) is 0.441. The van der Waals surface area contributed by atoms with E-state index in [0.717, 1.165) is 25.0 Å². The average molecular weight is 408 g/mol. The molecule has 1 saturated carbocycles. The van der Waals surface area contributed by atoms with Gasteiger partial charge in [-0.15, -0.1) is 0 Å². The largest absolute Gasteiger partial charge is 0.412 e. The van der Waals surface area contributed by atoms with Crippen molar-refractivity contribution in [2.24, 2.45) is 5.92 Å². The minimum atomic E-state index is -4.37. The minimum Gasteiger partial charge on any atom is -0.412 e. The van der Waals surface area contributed by atoms with Crippen LogP contribution in [-0.2, 0) is 5.92 Å². The number of benzene rings is 2. The molecule has 0 amide bonds. The Morgan fingerprint density at radius 2 is 1.21 bits per heavy atom. The maximum Gasteiger partial charge on any atom is 0.304 e. The summed E-state index contributed by atoms with van der Waals surface area (Å²) in [5, 5.41) is 0. The molecule has 0 unspecified atom stereocenters. The van der Waals surface area contributed by atoms with Gasteiger partial charge in [-0.2, -0.15) is 8.78 Å². The van der Waals surface area contributed by atoms with Gasteiger partial charge in [0.25, 0.3) is 0 Å². The zero-order valence-corrected chi connectivity index (χ0v) is 14.9. The fourth-order valence-corrected chi connectivity index (χ4v) is 3.60. The normalized spacial score (nSPS) is 20.0. The Bertz CT molecular complexity index is 812. The van der Waals surface area contributed by atoms with E-state index >= 15 is 0 Å². The van der Waals surface area contributed by atoms with Crippen LogP contribution in [0.2, 0.25) is 0 Å². The van der Waals surface area contributed by atoms with E-state index in [1.807, 2.05) is 0 Å². The van der Waals surface area contributed by atoms with Crippen LogP contribution < -0.4 is 0 Å². The maximum absolute atomic E-state index is 14.6. The molecule has 1 aliphatic carbocycles. The molecule has 0 bridgehead atoms. The molecule has 2 aromatic carbocycles. The summed E-state index contributed by atoms with van der Waals surface area (Å²) in [7, 11) is 0. The summed E-state index contributed by atoms with van der Waals surface area (Å²) in [6.45, 7) is 2.07. The van der Waals surface area contributed by atoms with Crippen molar-refractivity contribution in [3.05, 3.63) is 70.0 Å². The summed E-state index contributed by atoms with van der Waals surface area (Å²) in [5.41, 5.74) is -2.69. The number of hydrogen-bond donors (Lipinski definition) is 0. The monoisotopic (exact) mass is 408 g/mol. The maximum atomic E-state index is 14.6. The summed E-state index contributed by atoms with van der Waals surface area (Å²) in [4.78, 5) is 0. The van der Waals surface area contributed by atoms with Crippen molar-refractivity contribution in [3.8, 4) is 0 Å². The Morgan fingerprint density at radius 1 is 0.750 bits per heavy atom. The summed E-state index contributed by atoms with van der Waals surface area (Å²) >= 11 is 0. The highest BCUT2D eigenvalue weighted by atomic mass is 19.3. The summed E-state index contributed by atoms with van der Waals surface area (Å²) < 4.78 is 97.6. The molecule has 0 aliphatic heterocycles. The van der Waals surface area contributed by atoms with Gasteiger partial charge in [-0.3, -0.25) is 0 Å². The van der Waals surface area contributed by atoms with Crippen LogP contribution in [0.5, 0.6) is 0 Å². The lowest BCUT2D eigenvalue weighted by Crippen LogP contribution is -2.21. The SMILES string of the molecule is CC1CCC(c2cc(F)c(C(F)(F)c3cc(F)c(F)c(F)c3)c(F)c2)CC1.O. The Kier molecular flexibility index (Phi) is 6.43. The van der Waals surface area contributed by atoms with Crippen molar-refractivity contribution in [1.29, 1.82) is 0 Å². The highest BCUT2D eigenvalue weighted by molar-refractivity contribution is 5.39. The van der Waals surface area contributed by atoms with Crippen LogP contribution in [0.25, 0.3) is 0 Å². The van der Waals surface area contributed by atoms with Crippen molar-refractivity contribution >= 4 is 0 Å². The van der Waals surface area contributed by atoms with Gasteiger partial charge in [0.1, 0.15) is 11.6 Å². The third-order valence-electron chi connectivity index (χ3n) is 5.21. The molecule has 1 nitrogen and oxygen atoms in total. The Balaban J connectivity index is 0.00000280. The first kappa shape index (κ1) is 22.2. The average Bonchev–Trinajstić information content (AvgIpc) is 2.59. The van der Waals surface area contributed by atoms with Gasteiger partial charge >= 0.3 is 5.92 Å². The highest BCUT2D eigenvalue weighted by Gasteiger charge is 2.41. The number of alkyl halides is 2. The summed E-state index contributed by atoms with van der Waals surface area (Å²) in [5.74, 6) is -12.7. The lowest BCUT2D eigenvalue weighted by molar-refractivity contribution is 0.0338. The third-order valence-corrected chi connectivity index (χ3v) is 5.21. The van der Waals surface area contributed by atoms with Crippen molar-refractivity contribution in [2.45, 2.75) is 44.4 Å². The molecule has 0 saturated heterocycles. The second-order valence-electron chi connectivity index (χ2n) is 7.14. The summed E-state index contributed by atoms with van der Waals surface area (Å²) in [6.07, 6.45) is 3.15. The van der Waals surface area contributed by atoms with Crippen LogP contribution in [0.15, 0.2) is 24.3 Å². The summed E-state index contributed by atoms with van der Waals surface area (Å²) in [6, 6.07) is 1.77. The van der Waals surface area contributed by atoms with Gasteiger partial charge in [-0.25, -0.2) is 22.0 Å². The minimum absolute atomic E-state index is 0. The van der Waals surface area contributed by atoms with Gasteiger partial charge in [-0.1, -0.05) is 19.8 Å². The zero-order chi connectivity index (χ0) is 19.9. The second-order valence-corrected chi connectivity index (χ2v) is 7.14. The molecule has 1 fully saturated rings. The first-order chi connectivity index (χ1) is 12.6.